The minimum atomic E-state index is -3.82. The number of furan rings is 1. The predicted octanol–water partition coefficient (Wildman–Crippen LogP) is 5.33. The van der Waals surface area contributed by atoms with Crippen LogP contribution in [0.4, 0.5) is 0 Å². The highest BCUT2D eigenvalue weighted by Gasteiger charge is 2.26. The number of carbonyl (C=O) groups is 1. The largest absolute Gasteiger partial charge is 0.459 e. The Balaban J connectivity index is 1.47. The summed E-state index contributed by atoms with van der Waals surface area (Å²) in [7, 11) is -3.82. The molecule has 0 saturated heterocycles. The third-order valence-electron chi connectivity index (χ3n) is 5.53. The number of rotatable bonds is 10. The monoisotopic (exact) mass is 535 g/mol. The topological polar surface area (TPSA) is 92.0 Å². The number of nitrogens with one attached hydrogen (secondary N) is 1. The molecule has 0 bridgehead atoms. The first kappa shape index (κ1) is 26.3. The molecule has 4 rings (SSSR count). The molecule has 1 heterocycles. The van der Waals surface area contributed by atoms with Gasteiger partial charge in [0.25, 0.3) is 0 Å². The van der Waals surface area contributed by atoms with Crippen LogP contribution in [0.25, 0.3) is 0 Å². The zero-order valence-corrected chi connectivity index (χ0v) is 21.7. The van der Waals surface area contributed by atoms with E-state index in [9.17, 15) is 13.2 Å². The Hall–Kier alpha value is -3.72. The minimum Gasteiger partial charge on any atom is -0.459 e. The summed E-state index contributed by atoms with van der Waals surface area (Å²) in [4.78, 5) is 12.3. The highest BCUT2D eigenvalue weighted by Crippen LogP contribution is 2.23. The van der Waals surface area contributed by atoms with E-state index < -0.39 is 10.0 Å². The van der Waals surface area contributed by atoms with E-state index in [1.807, 2.05) is 37.3 Å². The molecule has 0 atom stereocenters. The number of sulfonamides is 1. The summed E-state index contributed by atoms with van der Waals surface area (Å²) in [6.07, 6.45) is 1.59. The molecule has 9 heteroatoms. The summed E-state index contributed by atoms with van der Waals surface area (Å²) < 4.78 is 34.2. The highest BCUT2D eigenvalue weighted by atomic mass is 35.5. The Kier molecular flexibility index (Phi) is 8.55. The molecule has 0 radical (unpaired) electrons. The number of nitrogens with zero attached hydrogens (tertiary/aromatic N) is 2. The standard InChI is InChI=1S/C28H26ClN3O4S/c1-21-7-15-27(16-8-21)37(34,35)32(19-23-9-11-24(29)12-10-23)20-26-14-13-25(36-26)18-30-31-28(33)17-22-5-3-2-4-6-22/h2-16,18H,17,19-20H2,1H3,(H,31,33)/b30-18-. The van der Waals surface area contributed by atoms with Crippen LogP contribution in [0, 0.1) is 6.92 Å². The van der Waals surface area contributed by atoms with Gasteiger partial charge in [-0.25, -0.2) is 13.8 Å². The van der Waals surface area contributed by atoms with Crippen LogP contribution in [0.1, 0.15) is 28.2 Å². The van der Waals surface area contributed by atoms with Crippen molar-refractivity contribution < 1.29 is 17.6 Å². The van der Waals surface area contributed by atoms with Gasteiger partial charge in [0, 0.05) is 11.6 Å². The molecule has 0 fully saturated rings. The first-order valence-corrected chi connectivity index (χ1v) is 13.4. The fraction of sp³-hybridized carbons (Fsp3) is 0.143. The summed E-state index contributed by atoms with van der Waals surface area (Å²) in [5.41, 5.74) is 5.10. The number of hydrogen-bond donors (Lipinski definition) is 1. The zero-order chi connectivity index (χ0) is 26.3. The molecule has 0 aliphatic heterocycles. The Morgan fingerprint density at radius 2 is 1.62 bits per heavy atom. The smallest absolute Gasteiger partial charge is 0.244 e. The van der Waals surface area contributed by atoms with Crippen LogP contribution < -0.4 is 5.43 Å². The number of halogens is 1. The lowest BCUT2D eigenvalue weighted by Crippen LogP contribution is -2.30. The van der Waals surface area contributed by atoms with Crippen LogP contribution >= 0.6 is 11.6 Å². The summed E-state index contributed by atoms with van der Waals surface area (Å²) in [5, 5.41) is 4.52. The van der Waals surface area contributed by atoms with Gasteiger partial charge in [0.05, 0.1) is 24.1 Å². The molecule has 0 spiro atoms. The summed E-state index contributed by atoms with van der Waals surface area (Å²) in [6, 6.07) is 26.4. The lowest BCUT2D eigenvalue weighted by Gasteiger charge is -2.21. The van der Waals surface area contributed by atoms with Gasteiger partial charge in [-0.05, 0) is 54.4 Å². The van der Waals surface area contributed by atoms with Crippen molar-refractivity contribution in [1.82, 2.24) is 9.73 Å². The second-order valence-electron chi connectivity index (χ2n) is 8.47. The molecule has 190 valence electrons. The number of hydrazone groups is 1. The molecule has 0 unspecified atom stereocenters. The van der Waals surface area contributed by atoms with Crippen molar-refractivity contribution >= 4 is 33.7 Å². The van der Waals surface area contributed by atoms with Crippen LogP contribution in [0.3, 0.4) is 0 Å². The second-order valence-corrected chi connectivity index (χ2v) is 10.8. The zero-order valence-electron chi connectivity index (χ0n) is 20.2. The van der Waals surface area contributed by atoms with Crippen molar-refractivity contribution in [3.05, 3.63) is 124 Å². The number of carbonyl (C=O) groups excluding carboxylic acids is 1. The van der Waals surface area contributed by atoms with E-state index in [4.69, 9.17) is 16.0 Å². The van der Waals surface area contributed by atoms with E-state index in [-0.39, 0.29) is 30.3 Å². The average Bonchev–Trinajstić information content (AvgIpc) is 3.33. The summed E-state index contributed by atoms with van der Waals surface area (Å²) >= 11 is 6.00. The normalized spacial score (nSPS) is 11.8. The fourth-order valence-electron chi connectivity index (χ4n) is 3.59. The first-order chi connectivity index (χ1) is 17.8. The third-order valence-corrected chi connectivity index (χ3v) is 7.59. The van der Waals surface area contributed by atoms with Crippen molar-refractivity contribution in [2.75, 3.05) is 0 Å². The highest BCUT2D eigenvalue weighted by molar-refractivity contribution is 7.89. The molecule has 1 N–H and O–H groups in total. The maximum atomic E-state index is 13.5. The minimum absolute atomic E-state index is 0.00699. The molecule has 1 aromatic heterocycles. The lowest BCUT2D eigenvalue weighted by molar-refractivity contribution is -0.120. The molecule has 0 saturated carbocycles. The van der Waals surface area contributed by atoms with Gasteiger partial charge in [-0.15, -0.1) is 0 Å². The molecule has 1 amide bonds. The molecular weight excluding hydrogens is 510 g/mol. The van der Waals surface area contributed by atoms with Crippen LogP contribution in [0.2, 0.25) is 5.02 Å². The molecule has 7 nitrogen and oxygen atoms in total. The lowest BCUT2D eigenvalue weighted by atomic mass is 10.1. The molecule has 0 aliphatic rings. The maximum Gasteiger partial charge on any atom is 0.244 e. The average molecular weight is 536 g/mol. The van der Waals surface area contributed by atoms with E-state index in [1.54, 1.807) is 60.7 Å². The van der Waals surface area contributed by atoms with Gasteiger partial charge in [-0.1, -0.05) is 71.8 Å². The molecule has 0 aliphatic carbocycles. The number of amides is 1. The Bertz CT molecular complexity index is 1470. The molecule has 3 aromatic carbocycles. The van der Waals surface area contributed by atoms with Gasteiger partial charge in [0.2, 0.25) is 15.9 Å². The van der Waals surface area contributed by atoms with Gasteiger partial charge in [0.15, 0.2) is 0 Å². The number of hydrogen-bond acceptors (Lipinski definition) is 5. The van der Waals surface area contributed by atoms with E-state index in [1.165, 1.54) is 10.5 Å². The van der Waals surface area contributed by atoms with Crippen molar-refractivity contribution in [2.24, 2.45) is 5.10 Å². The molecule has 4 aromatic rings. The SMILES string of the molecule is Cc1ccc(S(=O)(=O)N(Cc2ccc(Cl)cc2)Cc2ccc(/C=N\NC(=O)Cc3ccccc3)o2)cc1. The van der Waals surface area contributed by atoms with E-state index >= 15 is 0 Å². The van der Waals surface area contributed by atoms with E-state index in [2.05, 4.69) is 10.5 Å². The maximum absolute atomic E-state index is 13.5. The molecular formula is C28H26ClN3O4S. The Morgan fingerprint density at radius 3 is 2.32 bits per heavy atom. The van der Waals surface area contributed by atoms with Crippen LogP contribution in [-0.2, 0) is 34.3 Å². The van der Waals surface area contributed by atoms with Crippen molar-refractivity contribution in [2.45, 2.75) is 31.3 Å². The van der Waals surface area contributed by atoms with Gasteiger partial charge >= 0.3 is 0 Å². The quantitative estimate of drug-likeness (QED) is 0.219. The van der Waals surface area contributed by atoms with E-state index in [0.29, 0.717) is 16.5 Å². The van der Waals surface area contributed by atoms with Crippen molar-refractivity contribution in [3.8, 4) is 0 Å². The second kappa shape index (κ2) is 12.0. The van der Waals surface area contributed by atoms with E-state index in [0.717, 1.165) is 16.7 Å². The van der Waals surface area contributed by atoms with Crippen molar-refractivity contribution in [1.29, 1.82) is 0 Å². The summed E-state index contributed by atoms with van der Waals surface area (Å²) in [5.74, 6) is 0.559. The van der Waals surface area contributed by atoms with Gasteiger partial charge in [0.1, 0.15) is 11.5 Å². The van der Waals surface area contributed by atoms with Crippen LogP contribution in [0.5, 0.6) is 0 Å². The predicted molar refractivity (Wildman–Crippen MR) is 144 cm³/mol. The first-order valence-electron chi connectivity index (χ1n) is 11.6. The van der Waals surface area contributed by atoms with Gasteiger partial charge in [-0.3, -0.25) is 4.79 Å². The van der Waals surface area contributed by atoms with Gasteiger partial charge in [-0.2, -0.15) is 9.41 Å². The van der Waals surface area contributed by atoms with Crippen molar-refractivity contribution in [3.63, 3.8) is 0 Å². The number of benzene rings is 3. The van der Waals surface area contributed by atoms with Crippen LogP contribution in [0.15, 0.2) is 105 Å². The fourth-order valence-corrected chi connectivity index (χ4v) is 5.11. The Morgan fingerprint density at radius 1 is 0.919 bits per heavy atom. The number of aryl methyl sites for hydroxylation is 1. The Labute approximate surface area is 221 Å². The summed E-state index contributed by atoms with van der Waals surface area (Å²) in [6.45, 7) is 2.04. The van der Waals surface area contributed by atoms with Gasteiger partial charge < -0.3 is 4.42 Å². The molecule has 37 heavy (non-hydrogen) atoms. The third kappa shape index (κ3) is 7.39. The van der Waals surface area contributed by atoms with Crippen LogP contribution in [-0.4, -0.2) is 24.8 Å².